The largest absolute Gasteiger partial charge is 0.353 e. The molecule has 1 saturated carbocycles. The van der Waals surface area contributed by atoms with Crippen molar-refractivity contribution < 1.29 is 9.59 Å². The zero-order valence-corrected chi connectivity index (χ0v) is 14.3. The third-order valence-electron chi connectivity index (χ3n) is 3.66. The van der Waals surface area contributed by atoms with Crippen molar-refractivity contribution >= 4 is 28.3 Å². The van der Waals surface area contributed by atoms with E-state index in [9.17, 15) is 9.59 Å². The number of carbonyl (C=O) groups excluding carboxylic acids is 2. The summed E-state index contributed by atoms with van der Waals surface area (Å²) in [6, 6.07) is 0.183. The van der Waals surface area contributed by atoms with E-state index in [1.807, 2.05) is 12.3 Å². The second-order valence-corrected chi connectivity index (χ2v) is 7.38. The van der Waals surface area contributed by atoms with Crippen LogP contribution in [0.15, 0.2) is 5.38 Å². The topological polar surface area (TPSA) is 71.1 Å². The van der Waals surface area contributed by atoms with Crippen molar-refractivity contribution in [3.63, 3.8) is 0 Å². The van der Waals surface area contributed by atoms with E-state index < -0.39 is 0 Å². The van der Waals surface area contributed by atoms with Gasteiger partial charge in [0.25, 0.3) is 0 Å². The van der Waals surface area contributed by atoms with Crippen LogP contribution in [0.3, 0.4) is 0 Å². The number of hydrogen-bond acceptors (Lipinski definition) is 4. The van der Waals surface area contributed by atoms with Gasteiger partial charge in [0.2, 0.25) is 11.8 Å². The van der Waals surface area contributed by atoms with Crippen LogP contribution in [0.2, 0.25) is 0 Å². The summed E-state index contributed by atoms with van der Waals surface area (Å²) in [5.74, 6) is 0.849. The summed E-state index contributed by atoms with van der Waals surface area (Å²) in [5, 5.41) is 8.23. The minimum Gasteiger partial charge on any atom is -0.353 e. The van der Waals surface area contributed by atoms with Gasteiger partial charge in [0.05, 0.1) is 12.1 Å². The number of aromatic nitrogens is 1. The molecule has 2 rings (SSSR count). The van der Waals surface area contributed by atoms with Gasteiger partial charge in [0.15, 0.2) is 5.13 Å². The first-order valence-corrected chi connectivity index (χ1v) is 8.86. The van der Waals surface area contributed by atoms with E-state index >= 15 is 0 Å². The number of amides is 2. The van der Waals surface area contributed by atoms with Crippen LogP contribution in [-0.4, -0.2) is 22.8 Å². The van der Waals surface area contributed by atoms with Crippen LogP contribution in [0.5, 0.6) is 0 Å². The van der Waals surface area contributed by atoms with Gasteiger partial charge in [0, 0.05) is 17.3 Å². The lowest BCUT2D eigenvalue weighted by Crippen LogP contribution is -2.33. The van der Waals surface area contributed by atoms with Crippen LogP contribution < -0.4 is 10.6 Å². The minimum absolute atomic E-state index is 0.0124. The van der Waals surface area contributed by atoms with E-state index in [0.29, 0.717) is 16.7 Å². The summed E-state index contributed by atoms with van der Waals surface area (Å²) in [4.78, 5) is 27.9. The number of anilines is 1. The van der Waals surface area contributed by atoms with E-state index in [2.05, 4.69) is 29.5 Å². The maximum atomic E-state index is 12.0. The van der Waals surface area contributed by atoms with Crippen LogP contribution in [0.4, 0.5) is 5.13 Å². The molecule has 122 valence electrons. The molecule has 0 aliphatic heterocycles. The molecule has 0 bridgehead atoms. The minimum atomic E-state index is -0.0124. The van der Waals surface area contributed by atoms with Crippen molar-refractivity contribution in [3.8, 4) is 0 Å². The van der Waals surface area contributed by atoms with Gasteiger partial charge < -0.3 is 10.6 Å². The van der Waals surface area contributed by atoms with Gasteiger partial charge in [-0.25, -0.2) is 4.98 Å². The molecule has 1 heterocycles. The maximum Gasteiger partial charge on any atom is 0.229 e. The molecular weight excluding hydrogens is 298 g/mol. The Kier molecular flexibility index (Phi) is 5.94. The predicted molar refractivity (Wildman–Crippen MR) is 88.8 cm³/mol. The SMILES string of the molecule is CC(C)CCC(C)NC(=O)Cc1csc(NC(=O)C2CC2)n1. The van der Waals surface area contributed by atoms with Crippen LogP contribution in [0, 0.1) is 11.8 Å². The smallest absolute Gasteiger partial charge is 0.229 e. The van der Waals surface area contributed by atoms with Gasteiger partial charge in [-0.15, -0.1) is 11.3 Å². The molecule has 0 saturated heterocycles. The Balaban J connectivity index is 1.74. The molecule has 1 fully saturated rings. The second kappa shape index (κ2) is 7.72. The monoisotopic (exact) mass is 323 g/mol. The lowest BCUT2D eigenvalue weighted by molar-refractivity contribution is -0.121. The second-order valence-electron chi connectivity index (χ2n) is 6.52. The molecule has 1 unspecified atom stereocenters. The molecule has 0 spiro atoms. The fourth-order valence-corrected chi connectivity index (χ4v) is 2.86. The molecule has 6 heteroatoms. The molecule has 2 N–H and O–H groups in total. The van der Waals surface area contributed by atoms with Gasteiger partial charge in [-0.1, -0.05) is 13.8 Å². The van der Waals surface area contributed by atoms with Crippen LogP contribution in [-0.2, 0) is 16.0 Å². The standard InChI is InChI=1S/C16H25N3O2S/c1-10(2)4-5-11(3)17-14(20)8-13-9-22-16(18-13)19-15(21)12-6-7-12/h9-12H,4-8H2,1-3H3,(H,17,20)(H,18,19,21). The van der Waals surface area contributed by atoms with E-state index in [-0.39, 0.29) is 30.2 Å². The molecule has 2 amide bonds. The van der Waals surface area contributed by atoms with Crippen LogP contribution >= 0.6 is 11.3 Å². The highest BCUT2D eigenvalue weighted by atomic mass is 32.1. The fraction of sp³-hybridized carbons (Fsp3) is 0.688. The molecule has 1 aromatic rings. The van der Waals surface area contributed by atoms with E-state index in [1.165, 1.54) is 11.3 Å². The van der Waals surface area contributed by atoms with Gasteiger partial charge in [-0.2, -0.15) is 0 Å². The zero-order valence-electron chi connectivity index (χ0n) is 13.5. The predicted octanol–water partition coefficient (Wildman–Crippen LogP) is 2.98. The summed E-state index contributed by atoms with van der Waals surface area (Å²) in [6.45, 7) is 6.39. The number of rotatable bonds is 8. The fourth-order valence-electron chi connectivity index (χ4n) is 2.14. The maximum absolute atomic E-state index is 12.0. The molecule has 1 aliphatic carbocycles. The third-order valence-corrected chi connectivity index (χ3v) is 4.46. The van der Waals surface area contributed by atoms with Crippen molar-refractivity contribution in [2.24, 2.45) is 11.8 Å². The molecular formula is C16H25N3O2S. The average Bonchev–Trinajstić information content (AvgIpc) is 3.20. The Bertz CT molecular complexity index is 523. The summed E-state index contributed by atoms with van der Waals surface area (Å²) in [5.41, 5.74) is 0.713. The summed E-state index contributed by atoms with van der Waals surface area (Å²) in [6.07, 6.45) is 4.31. The highest BCUT2D eigenvalue weighted by Crippen LogP contribution is 2.30. The van der Waals surface area contributed by atoms with Gasteiger partial charge in [0.1, 0.15) is 0 Å². The Labute approximate surface area is 135 Å². The summed E-state index contributed by atoms with van der Waals surface area (Å²) in [7, 11) is 0. The Morgan fingerprint density at radius 3 is 2.68 bits per heavy atom. The lowest BCUT2D eigenvalue weighted by Gasteiger charge is -2.14. The quantitative estimate of drug-likeness (QED) is 0.772. The third kappa shape index (κ3) is 5.75. The number of nitrogens with one attached hydrogen (secondary N) is 2. The first-order valence-electron chi connectivity index (χ1n) is 7.98. The lowest BCUT2D eigenvalue weighted by atomic mass is 10.0. The van der Waals surface area contributed by atoms with Crippen molar-refractivity contribution in [3.05, 3.63) is 11.1 Å². The first kappa shape index (κ1) is 16.9. The number of nitrogens with zero attached hydrogens (tertiary/aromatic N) is 1. The molecule has 0 radical (unpaired) electrons. The Morgan fingerprint density at radius 2 is 2.05 bits per heavy atom. The van der Waals surface area contributed by atoms with E-state index in [4.69, 9.17) is 0 Å². The van der Waals surface area contributed by atoms with Crippen molar-refractivity contribution in [1.82, 2.24) is 10.3 Å². The number of hydrogen-bond donors (Lipinski definition) is 2. The average molecular weight is 323 g/mol. The van der Waals surface area contributed by atoms with Gasteiger partial charge in [-0.3, -0.25) is 9.59 Å². The molecule has 1 aromatic heterocycles. The molecule has 0 aromatic carbocycles. The Hall–Kier alpha value is -1.43. The molecule has 1 atom stereocenters. The highest BCUT2D eigenvalue weighted by Gasteiger charge is 2.30. The van der Waals surface area contributed by atoms with Crippen molar-refractivity contribution in [2.45, 2.75) is 58.9 Å². The van der Waals surface area contributed by atoms with E-state index in [0.717, 1.165) is 25.7 Å². The van der Waals surface area contributed by atoms with Crippen LogP contribution in [0.1, 0.15) is 52.1 Å². The zero-order chi connectivity index (χ0) is 16.1. The van der Waals surface area contributed by atoms with Crippen molar-refractivity contribution in [1.29, 1.82) is 0 Å². The molecule has 1 aliphatic rings. The molecule has 5 nitrogen and oxygen atoms in total. The van der Waals surface area contributed by atoms with Crippen molar-refractivity contribution in [2.75, 3.05) is 5.32 Å². The van der Waals surface area contributed by atoms with Crippen LogP contribution in [0.25, 0.3) is 0 Å². The first-order chi connectivity index (χ1) is 10.4. The summed E-state index contributed by atoms with van der Waals surface area (Å²) < 4.78 is 0. The Morgan fingerprint density at radius 1 is 1.32 bits per heavy atom. The van der Waals surface area contributed by atoms with Gasteiger partial charge in [-0.05, 0) is 38.5 Å². The molecule has 22 heavy (non-hydrogen) atoms. The number of thiazole rings is 1. The normalized spacial score (nSPS) is 15.6. The number of carbonyl (C=O) groups is 2. The van der Waals surface area contributed by atoms with Gasteiger partial charge >= 0.3 is 0 Å². The van der Waals surface area contributed by atoms with E-state index in [1.54, 1.807) is 0 Å². The summed E-state index contributed by atoms with van der Waals surface area (Å²) >= 11 is 1.38. The highest BCUT2D eigenvalue weighted by molar-refractivity contribution is 7.13.